The van der Waals surface area contributed by atoms with Gasteiger partial charge in [0.05, 0.1) is 12.6 Å². The van der Waals surface area contributed by atoms with E-state index in [1.54, 1.807) is 6.20 Å². The monoisotopic (exact) mass is 368 g/mol. The molecule has 1 aromatic carbocycles. The van der Waals surface area contributed by atoms with Crippen LogP contribution in [0.2, 0.25) is 0 Å². The summed E-state index contributed by atoms with van der Waals surface area (Å²) in [4.78, 5) is 23.3. The molecule has 1 saturated heterocycles. The molecule has 1 amide bonds. The molecule has 0 radical (unpaired) electrons. The number of benzene rings is 1. The Kier molecular flexibility index (Phi) is 6.65. The second kappa shape index (κ2) is 9.37. The molecule has 0 bridgehead atoms. The van der Waals surface area contributed by atoms with Crippen LogP contribution in [0.3, 0.4) is 0 Å². The second-order valence-corrected chi connectivity index (χ2v) is 6.83. The van der Waals surface area contributed by atoms with Gasteiger partial charge in [-0.3, -0.25) is 4.79 Å². The van der Waals surface area contributed by atoms with Gasteiger partial charge in [0.2, 0.25) is 5.91 Å². The number of carbonyl (C=O) groups is 1. The zero-order valence-corrected chi connectivity index (χ0v) is 15.9. The molecule has 6 heteroatoms. The molecule has 1 fully saturated rings. The summed E-state index contributed by atoms with van der Waals surface area (Å²) >= 11 is 0. The third-order valence-corrected chi connectivity index (χ3v) is 4.96. The van der Waals surface area contributed by atoms with Gasteiger partial charge in [0.25, 0.3) is 0 Å². The quantitative estimate of drug-likeness (QED) is 0.810. The fourth-order valence-corrected chi connectivity index (χ4v) is 3.27. The van der Waals surface area contributed by atoms with E-state index >= 15 is 0 Å². The Morgan fingerprint density at radius 3 is 2.44 bits per heavy atom. The van der Waals surface area contributed by atoms with Crippen molar-refractivity contribution < 1.29 is 9.90 Å². The van der Waals surface area contributed by atoms with Gasteiger partial charge in [-0.05, 0) is 30.7 Å². The second-order valence-electron chi connectivity index (χ2n) is 6.83. The summed E-state index contributed by atoms with van der Waals surface area (Å²) in [5.74, 6) is 1.06. The summed E-state index contributed by atoms with van der Waals surface area (Å²) in [6, 6.07) is 15.7. The minimum atomic E-state index is -0.445. The van der Waals surface area contributed by atoms with Crippen LogP contribution in [-0.4, -0.2) is 66.3 Å². The van der Waals surface area contributed by atoms with Gasteiger partial charge in [-0.15, -0.1) is 0 Å². The summed E-state index contributed by atoms with van der Waals surface area (Å²) in [6.45, 7) is 5.64. The van der Waals surface area contributed by atoms with Crippen LogP contribution in [0.4, 0.5) is 11.5 Å². The maximum absolute atomic E-state index is 12.9. The largest absolute Gasteiger partial charge is 0.391 e. The number of para-hydroxylation sites is 1. The van der Waals surface area contributed by atoms with Crippen molar-refractivity contribution in [2.24, 2.45) is 0 Å². The van der Waals surface area contributed by atoms with Gasteiger partial charge in [-0.25, -0.2) is 4.98 Å². The molecule has 1 unspecified atom stereocenters. The highest BCUT2D eigenvalue weighted by Crippen LogP contribution is 2.16. The number of piperazine rings is 1. The van der Waals surface area contributed by atoms with Gasteiger partial charge in [0.15, 0.2) is 0 Å². The fraction of sp³-hybridized carbons (Fsp3) is 0.429. The first kappa shape index (κ1) is 19.2. The van der Waals surface area contributed by atoms with Crippen LogP contribution < -0.4 is 9.80 Å². The van der Waals surface area contributed by atoms with E-state index in [0.717, 1.165) is 24.6 Å². The highest BCUT2D eigenvalue weighted by atomic mass is 16.3. The SMILES string of the molecule is CCC(O)CN(CC(=O)N1CCN(c2ccccn2)CC1)c1ccccc1. The third kappa shape index (κ3) is 5.20. The molecule has 1 aliphatic heterocycles. The predicted octanol–water partition coefficient (Wildman–Crippen LogP) is 2.01. The zero-order valence-electron chi connectivity index (χ0n) is 15.9. The van der Waals surface area contributed by atoms with Gasteiger partial charge in [0.1, 0.15) is 5.82 Å². The van der Waals surface area contributed by atoms with E-state index in [4.69, 9.17) is 0 Å². The lowest BCUT2D eigenvalue weighted by Crippen LogP contribution is -2.52. The van der Waals surface area contributed by atoms with Crippen molar-refractivity contribution in [1.29, 1.82) is 0 Å². The van der Waals surface area contributed by atoms with Gasteiger partial charge < -0.3 is 19.8 Å². The lowest BCUT2D eigenvalue weighted by atomic mass is 10.2. The molecule has 27 heavy (non-hydrogen) atoms. The Hall–Kier alpha value is -2.60. The number of aliphatic hydroxyl groups excluding tert-OH is 1. The van der Waals surface area contributed by atoms with Crippen molar-refractivity contribution in [2.75, 3.05) is 49.1 Å². The molecule has 144 valence electrons. The Balaban J connectivity index is 1.59. The summed E-state index contributed by atoms with van der Waals surface area (Å²) in [5.41, 5.74) is 0.963. The molecule has 1 N–H and O–H groups in total. The first-order valence-corrected chi connectivity index (χ1v) is 9.59. The van der Waals surface area contributed by atoms with E-state index in [-0.39, 0.29) is 12.5 Å². The highest BCUT2D eigenvalue weighted by molar-refractivity contribution is 5.81. The fourth-order valence-electron chi connectivity index (χ4n) is 3.27. The summed E-state index contributed by atoms with van der Waals surface area (Å²) in [5, 5.41) is 10.1. The highest BCUT2D eigenvalue weighted by Gasteiger charge is 2.24. The average Bonchev–Trinajstić information content (AvgIpc) is 2.74. The molecule has 0 spiro atoms. The normalized spacial score (nSPS) is 15.5. The minimum Gasteiger partial charge on any atom is -0.391 e. The minimum absolute atomic E-state index is 0.0998. The maximum atomic E-state index is 12.9. The number of carbonyl (C=O) groups excluding carboxylic acids is 1. The standard InChI is InChI=1S/C21H28N4O2/c1-2-19(26)16-25(18-8-4-3-5-9-18)17-21(27)24-14-12-23(13-15-24)20-10-6-7-11-22-20/h3-11,19,26H,2,12-17H2,1H3. The van der Waals surface area contributed by atoms with E-state index < -0.39 is 6.10 Å². The Morgan fingerprint density at radius 2 is 1.81 bits per heavy atom. The number of rotatable bonds is 7. The molecule has 1 aromatic heterocycles. The van der Waals surface area contributed by atoms with Crippen molar-refractivity contribution >= 4 is 17.4 Å². The average molecular weight is 368 g/mol. The van der Waals surface area contributed by atoms with E-state index in [1.165, 1.54) is 0 Å². The first-order chi connectivity index (χ1) is 13.2. The summed E-state index contributed by atoms with van der Waals surface area (Å²) < 4.78 is 0. The van der Waals surface area contributed by atoms with E-state index in [0.29, 0.717) is 26.1 Å². The lowest BCUT2D eigenvalue weighted by Gasteiger charge is -2.37. The number of aromatic nitrogens is 1. The molecule has 6 nitrogen and oxygen atoms in total. The molecule has 0 aliphatic carbocycles. The van der Waals surface area contributed by atoms with Gasteiger partial charge in [-0.2, -0.15) is 0 Å². The van der Waals surface area contributed by atoms with Crippen molar-refractivity contribution in [3.8, 4) is 0 Å². The number of aliphatic hydroxyl groups is 1. The van der Waals surface area contributed by atoms with E-state index in [2.05, 4.69) is 9.88 Å². The molecule has 1 aliphatic rings. The predicted molar refractivity (Wildman–Crippen MR) is 108 cm³/mol. The Morgan fingerprint density at radius 1 is 1.11 bits per heavy atom. The molecular weight excluding hydrogens is 340 g/mol. The molecular formula is C21H28N4O2. The third-order valence-electron chi connectivity index (χ3n) is 4.96. The van der Waals surface area contributed by atoms with Gasteiger partial charge >= 0.3 is 0 Å². The van der Waals surface area contributed by atoms with Crippen LogP contribution in [0.25, 0.3) is 0 Å². The number of anilines is 2. The number of hydrogen-bond donors (Lipinski definition) is 1. The zero-order chi connectivity index (χ0) is 19.1. The van der Waals surface area contributed by atoms with Crippen LogP contribution in [0.15, 0.2) is 54.7 Å². The van der Waals surface area contributed by atoms with E-state index in [9.17, 15) is 9.90 Å². The van der Waals surface area contributed by atoms with Crippen LogP contribution in [0.5, 0.6) is 0 Å². The lowest BCUT2D eigenvalue weighted by molar-refractivity contribution is -0.130. The van der Waals surface area contributed by atoms with Crippen molar-refractivity contribution in [2.45, 2.75) is 19.4 Å². The number of hydrogen-bond acceptors (Lipinski definition) is 5. The smallest absolute Gasteiger partial charge is 0.242 e. The van der Waals surface area contributed by atoms with Crippen LogP contribution >= 0.6 is 0 Å². The maximum Gasteiger partial charge on any atom is 0.242 e. The van der Waals surface area contributed by atoms with E-state index in [1.807, 2.05) is 65.3 Å². The summed E-state index contributed by atoms with van der Waals surface area (Å²) in [6.07, 6.45) is 2.02. The van der Waals surface area contributed by atoms with Crippen molar-refractivity contribution in [3.63, 3.8) is 0 Å². The molecule has 1 atom stereocenters. The van der Waals surface area contributed by atoms with Crippen molar-refractivity contribution in [3.05, 3.63) is 54.7 Å². The van der Waals surface area contributed by atoms with Gasteiger partial charge in [-0.1, -0.05) is 31.2 Å². The van der Waals surface area contributed by atoms with Crippen LogP contribution in [0, 0.1) is 0 Å². The summed E-state index contributed by atoms with van der Waals surface area (Å²) in [7, 11) is 0. The first-order valence-electron chi connectivity index (χ1n) is 9.59. The molecule has 3 rings (SSSR count). The molecule has 2 aromatic rings. The van der Waals surface area contributed by atoms with Crippen LogP contribution in [0.1, 0.15) is 13.3 Å². The number of amides is 1. The Bertz CT molecular complexity index is 703. The topological polar surface area (TPSA) is 59.9 Å². The number of nitrogens with zero attached hydrogens (tertiary/aromatic N) is 4. The van der Waals surface area contributed by atoms with Gasteiger partial charge in [0, 0.05) is 44.6 Å². The van der Waals surface area contributed by atoms with Crippen LogP contribution in [-0.2, 0) is 4.79 Å². The molecule has 2 heterocycles. The van der Waals surface area contributed by atoms with Crippen molar-refractivity contribution in [1.82, 2.24) is 9.88 Å². The number of pyridine rings is 1. The Labute approximate surface area is 161 Å². The molecule has 0 saturated carbocycles.